The maximum absolute atomic E-state index is 11.5. The quantitative estimate of drug-likeness (QED) is 0.864. The van der Waals surface area contributed by atoms with Crippen molar-refractivity contribution < 1.29 is 4.79 Å². The van der Waals surface area contributed by atoms with Crippen LogP contribution in [0.5, 0.6) is 0 Å². The van der Waals surface area contributed by atoms with E-state index in [2.05, 4.69) is 20.4 Å². The Balaban J connectivity index is 1.59. The Morgan fingerprint density at radius 2 is 2.14 bits per heavy atom. The summed E-state index contributed by atoms with van der Waals surface area (Å²) < 4.78 is 0. The normalized spacial score (nSPS) is 23.0. The molecule has 1 aliphatic carbocycles. The number of nitrogens with two attached hydrogens (primary N) is 1. The molecule has 0 spiro atoms. The second-order valence-electron chi connectivity index (χ2n) is 6.33. The number of nitrogens with one attached hydrogen (secondary N) is 1. The Labute approximate surface area is 135 Å². The zero-order valence-corrected chi connectivity index (χ0v) is 13.4. The van der Waals surface area contributed by atoms with Crippen molar-refractivity contribution in [2.24, 2.45) is 11.7 Å². The third kappa shape index (κ3) is 3.67. The minimum Gasteiger partial charge on any atom is -0.365 e. The molecule has 0 aromatic carbocycles. The lowest BCUT2D eigenvalue weighted by Crippen LogP contribution is -2.30. The number of hydrogen-bond acceptors (Lipinski definition) is 5. The van der Waals surface area contributed by atoms with E-state index in [0.29, 0.717) is 11.4 Å². The Kier molecular flexibility index (Phi) is 4.78. The summed E-state index contributed by atoms with van der Waals surface area (Å²) in [7, 11) is 0. The maximum atomic E-state index is 11.5. The number of amides is 1. The minimum atomic E-state index is -0.542. The monoisotopic (exact) mass is 323 g/mol. The van der Waals surface area contributed by atoms with Gasteiger partial charge in [-0.05, 0) is 31.2 Å². The number of anilines is 1. The van der Waals surface area contributed by atoms with Gasteiger partial charge in [-0.15, -0.1) is 10.2 Å². The predicted octanol–water partition coefficient (Wildman–Crippen LogP) is 1.91. The lowest BCUT2D eigenvalue weighted by atomic mass is 10.1. The van der Waals surface area contributed by atoms with Gasteiger partial charge in [0.1, 0.15) is 0 Å². The van der Waals surface area contributed by atoms with Gasteiger partial charge in [0, 0.05) is 25.7 Å². The Bertz CT molecular complexity index is 547. The van der Waals surface area contributed by atoms with Crippen LogP contribution in [0.15, 0.2) is 6.07 Å². The second kappa shape index (κ2) is 6.79. The highest BCUT2D eigenvalue weighted by atomic mass is 35.5. The van der Waals surface area contributed by atoms with Gasteiger partial charge in [0.2, 0.25) is 0 Å². The molecule has 2 heterocycles. The van der Waals surface area contributed by atoms with Gasteiger partial charge in [0.15, 0.2) is 11.0 Å². The molecule has 7 heteroatoms. The molecular weight excluding hydrogens is 302 g/mol. The molecule has 1 aliphatic heterocycles. The standard InChI is InChI=1S/C15H22ClN5O/c16-13-7-12(14(17)22)15(20-19-13)18-11-5-6-21(9-11)8-10-3-1-2-4-10/h7,10-11H,1-6,8-9H2,(H2,17,22)(H,18,20). The number of carbonyl (C=O) groups is 1. The first kappa shape index (κ1) is 15.5. The molecule has 22 heavy (non-hydrogen) atoms. The Morgan fingerprint density at radius 3 is 2.86 bits per heavy atom. The van der Waals surface area contributed by atoms with E-state index in [9.17, 15) is 4.79 Å². The number of rotatable bonds is 5. The third-order valence-electron chi connectivity index (χ3n) is 4.63. The summed E-state index contributed by atoms with van der Waals surface area (Å²) in [6.45, 7) is 3.24. The molecule has 0 bridgehead atoms. The molecule has 1 amide bonds. The number of carbonyl (C=O) groups excluding carboxylic acids is 1. The van der Waals surface area contributed by atoms with Gasteiger partial charge in [0.05, 0.1) is 5.56 Å². The van der Waals surface area contributed by atoms with Gasteiger partial charge in [-0.2, -0.15) is 0 Å². The number of nitrogens with zero attached hydrogens (tertiary/aromatic N) is 3. The summed E-state index contributed by atoms with van der Waals surface area (Å²) in [5.41, 5.74) is 5.68. The largest absolute Gasteiger partial charge is 0.365 e. The van der Waals surface area contributed by atoms with Crippen molar-refractivity contribution in [3.63, 3.8) is 0 Å². The van der Waals surface area contributed by atoms with Crippen LogP contribution in [0, 0.1) is 5.92 Å². The first-order valence-corrected chi connectivity index (χ1v) is 8.31. The van der Waals surface area contributed by atoms with Crippen LogP contribution in [-0.4, -0.2) is 46.7 Å². The number of hydrogen-bond donors (Lipinski definition) is 2. The van der Waals surface area contributed by atoms with Gasteiger partial charge in [-0.25, -0.2) is 0 Å². The summed E-state index contributed by atoms with van der Waals surface area (Å²) in [6.07, 6.45) is 6.52. The zero-order chi connectivity index (χ0) is 15.5. The van der Waals surface area contributed by atoms with E-state index in [1.54, 1.807) is 0 Å². The molecule has 1 saturated carbocycles. The minimum absolute atomic E-state index is 0.175. The zero-order valence-electron chi connectivity index (χ0n) is 12.6. The van der Waals surface area contributed by atoms with Crippen molar-refractivity contribution in [3.8, 4) is 0 Å². The lowest BCUT2D eigenvalue weighted by molar-refractivity contribution is 0.100. The first-order valence-electron chi connectivity index (χ1n) is 7.93. The van der Waals surface area contributed by atoms with E-state index in [1.807, 2.05) is 0 Å². The maximum Gasteiger partial charge on any atom is 0.252 e. The number of likely N-dealkylation sites (tertiary alicyclic amines) is 1. The van der Waals surface area contributed by atoms with Crippen molar-refractivity contribution in [3.05, 3.63) is 16.8 Å². The molecule has 1 aromatic rings. The van der Waals surface area contributed by atoms with Crippen LogP contribution < -0.4 is 11.1 Å². The van der Waals surface area contributed by atoms with Crippen LogP contribution in [0.1, 0.15) is 42.5 Å². The van der Waals surface area contributed by atoms with Crippen molar-refractivity contribution in [2.75, 3.05) is 25.0 Å². The first-order chi connectivity index (χ1) is 10.6. The number of aromatic nitrogens is 2. The van der Waals surface area contributed by atoms with E-state index in [4.69, 9.17) is 17.3 Å². The highest BCUT2D eigenvalue weighted by Gasteiger charge is 2.27. The average molecular weight is 324 g/mol. The third-order valence-corrected chi connectivity index (χ3v) is 4.82. The molecule has 0 radical (unpaired) electrons. The molecule has 1 aromatic heterocycles. The average Bonchev–Trinajstić information content (AvgIpc) is 3.13. The molecule has 1 atom stereocenters. The molecule has 2 fully saturated rings. The van der Waals surface area contributed by atoms with E-state index in [-0.39, 0.29) is 11.2 Å². The molecule has 1 saturated heterocycles. The van der Waals surface area contributed by atoms with Crippen LogP contribution in [0.25, 0.3) is 0 Å². The fourth-order valence-corrected chi connectivity index (χ4v) is 3.68. The van der Waals surface area contributed by atoms with Crippen LogP contribution in [0.4, 0.5) is 5.82 Å². The molecular formula is C15H22ClN5O. The SMILES string of the molecule is NC(=O)c1cc(Cl)nnc1NC1CCN(CC2CCCC2)C1. The highest BCUT2D eigenvalue weighted by Crippen LogP contribution is 2.27. The lowest BCUT2D eigenvalue weighted by Gasteiger charge is -2.20. The van der Waals surface area contributed by atoms with E-state index in [0.717, 1.165) is 25.4 Å². The van der Waals surface area contributed by atoms with E-state index < -0.39 is 5.91 Å². The summed E-state index contributed by atoms with van der Waals surface area (Å²) in [5.74, 6) is 0.750. The Hall–Kier alpha value is -1.40. The van der Waals surface area contributed by atoms with Gasteiger partial charge in [-0.1, -0.05) is 24.4 Å². The van der Waals surface area contributed by atoms with Crippen LogP contribution in [-0.2, 0) is 0 Å². The van der Waals surface area contributed by atoms with Crippen molar-refractivity contribution in [1.29, 1.82) is 0 Å². The topological polar surface area (TPSA) is 84.1 Å². The fraction of sp³-hybridized carbons (Fsp3) is 0.667. The van der Waals surface area contributed by atoms with E-state index >= 15 is 0 Å². The van der Waals surface area contributed by atoms with Crippen LogP contribution >= 0.6 is 11.6 Å². The molecule has 1 unspecified atom stereocenters. The van der Waals surface area contributed by atoms with Gasteiger partial charge in [-0.3, -0.25) is 4.79 Å². The van der Waals surface area contributed by atoms with E-state index in [1.165, 1.54) is 38.3 Å². The number of primary amides is 1. The fourth-order valence-electron chi connectivity index (χ4n) is 3.53. The van der Waals surface area contributed by atoms with Crippen molar-refractivity contribution in [2.45, 2.75) is 38.1 Å². The molecule has 3 N–H and O–H groups in total. The predicted molar refractivity (Wildman–Crippen MR) is 86.0 cm³/mol. The van der Waals surface area contributed by atoms with Crippen molar-refractivity contribution >= 4 is 23.3 Å². The molecule has 120 valence electrons. The molecule has 6 nitrogen and oxygen atoms in total. The molecule has 3 rings (SSSR count). The van der Waals surface area contributed by atoms with Gasteiger partial charge in [0.25, 0.3) is 5.91 Å². The molecule has 2 aliphatic rings. The smallest absolute Gasteiger partial charge is 0.252 e. The van der Waals surface area contributed by atoms with Crippen LogP contribution in [0.3, 0.4) is 0 Å². The van der Waals surface area contributed by atoms with Gasteiger partial charge < -0.3 is 16.0 Å². The second-order valence-corrected chi connectivity index (χ2v) is 6.72. The number of halogens is 1. The van der Waals surface area contributed by atoms with Crippen LogP contribution in [0.2, 0.25) is 5.15 Å². The summed E-state index contributed by atoms with van der Waals surface area (Å²) in [6, 6.07) is 1.74. The summed E-state index contributed by atoms with van der Waals surface area (Å²) in [4.78, 5) is 14.0. The highest BCUT2D eigenvalue weighted by molar-refractivity contribution is 6.29. The van der Waals surface area contributed by atoms with Gasteiger partial charge >= 0.3 is 0 Å². The summed E-state index contributed by atoms with van der Waals surface area (Å²) in [5, 5.41) is 11.2. The summed E-state index contributed by atoms with van der Waals surface area (Å²) >= 11 is 5.78. The van der Waals surface area contributed by atoms with Crippen molar-refractivity contribution in [1.82, 2.24) is 15.1 Å². The Morgan fingerprint density at radius 1 is 1.36 bits per heavy atom.